The molecule has 0 saturated carbocycles. The zero-order valence-electron chi connectivity index (χ0n) is 17.9. The maximum atomic E-state index is 13.3. The number of ether oxygens (including phenoxy) is 3. The van der Waals surface area contributed by atoms with E-state index in [9.17, 15) is 9.18 Å². The first-order chi connectivity index (χ1) is 16.1. The number of fused-ring (bicyclic) bond motifs is 2. The van der Waals surface area contributed by atoms with Gasteiger partial charge in [0.1, 0.15) is 24.8 Å². The minimum Gasteiger partial charge on any atom is -0.493 e. The number of amides is 1. The SMILES string of the molecule is CCOc1cc(-c2ccc(F)cc2)nc2ccc(C(=O)Nc3ccc4c(c3)OCCO4)cc12. The Morgan fingerprint density at radius 3 is 2.58 bits per heavy atom. The molecule has 0 radical (unpaired) electrons. The van der Waals surface area contributed by atoms with Gasteiger partial charge in [-0.15, -0.1) is 0 Å². The second-order valence-electron chi connectivity index (χ2n) is 7.49. The number of nitrogens with one attached hydrogen (secondary N) is 1. The van der Waals surface area contributed by atoms with Crippen molar-refractivity contribution < 1.29 is 23.4 Å². The van der Waals surface area contributed by atoms with Gasteiger partial charge in [0, 0.05) is 34.3 Å². The van der Waals surface area contributed by atoms with Gasteiger partial charge in [-0.1, -0.05) is 0 Å². The normalized spacial score (nSPS) is 12.4. The van der Waals surface area contributed by atoms with Gasteiger partial charge < -0.3 is 19.5 Å². The summed E-state index contributed by atoms with van der Waals surface area (Å²) in [4.78, 5) is 17.6. The molecule has 1 aromatic heterocycles. The van der Waals surface area contributed by atoms with Crippen molar-refractivity contribution in [3.8, 4) is 28.5 Å². The third-order valence-electron chi connectivity index (χ3n) is 5.27. The first-order valence-electron chi connectivity index (χ1n) is 10.7. The number of benzene rings is 3. The van der Waals surface area contributed by atoms with Crippen LogP contribution in [0.5, 0.6) is 17.2 Å². The van der Waals surface area contributed by atoms with Crippen LogP contribution in [0.4, 0.5) is 10.1 Å². The van der Waals surface area contributed by atoms with E-state index in [4.69, 9.17) is 14.2 Å². The molecule has 166 valence electrons. The minimum absolute atomic E-state index is 0.265. The second kappa shape index (κ2) is 8.78. The minimum atomic E-state index is -0.307. The molecule has 33 heavy (non-hydrogen) atoms. The first kappa shape index (κ1) is 20.8. The molecule has 0 saturated heterocycles. The third kappa shape index (κ3) is 4.30. The summed E-state index contributed by atoms with van der Waals surface area (Å²) < 4.78 is 30.3. The molecule has 1 amide bonds. The van der Waals surface area contributed by atoms with Gasteiger partial charge in [-0.3, -0.25) is 4.79 Å². The molecular formula is C26H21FN2O4. The Morgan fingerprint density at radius 2 is 1.79 bits per heavy atom. The van der Waals surface area contributed by atoms with Gasteiger partial charge >= 0.3 is 0 Å². The Morgan fingerprint density at radius 1 is 1.00 bits per heavy atom. The van der Waals surface area contributed by atoms with E-state index < -0.39 is 0 Å². The standard InChI is InChI=1S/C26H21FN2O4/c1-2-31-24-15-22(16-3-6-18(27)7-4-16)29-21-9-5-17(13-20(21)24)26(30)28-19-8-10-23-25(14-19)33-12-11-32-23/h3-10,13-15H,2,11-12H2,1H3,(H,28,30). The van der Waals surface area contributed by atoms with Crippen LogP contribution in [0.15, 0.2) is 66.7 Å². The Hall–Kier alpha value is -4.13. The molecule has 1 N–H and O–H groups in total. The monoisotopic (exact) mass is 444 g/mol. The number of pyridine rings is 1. The molecule has 0 bridgehead atoms. The number of halogens is 1. The molecule has 0 spiro atoms. The van der Waals surface area contributed by atoms with E-state index in [2.05, 4.69) is 10.3 Å². The van der Waals surface area contributed by atoms with Crippen LogP contribution in [0.3, 0.4) is 0 Å². The Labute approximate surface area is 189 Å². The van der Waals surface area contributed by atoms with Gasteiger partial charge in [0.05, 0.1) is 17.8 Å². The Kier molecular flexibility index (Phi) is 5.52. The predicted octanol–water partition coefficient (Wildman–Crippen LogP) is 5.46. The van der Waals surface area contributed by atoms with Crippen molar-refractivity contribution in [2.24, 2.45) is 0 Å². The van der Waals surface area contributed by atoms with Gasteiger partial charge in [-0.25, -0.2) is 9.37 Å². The number of carbonyl (C=O) groups excluding carboxylic acids is 1. The summed E-state index contributed by atoms with van der Waals surface area (Å²) in [5.41, 5.74) is 3.20. The van der Waals surface area contributed by atoms with Crippen LogP contribution in [0.1, 0.15) is 17.3 Å². The van der Waals surface area contributed by atoms with Crippen LogP contribution in [-0.4, -0.2) is 30.7 Å². The molecule has 3 aromatic carbocycles. The lowest BCUT2D eigenvalue weighted by Gasteiger charge is -2.19. The van der Waals surface area contributed by atoms with Crippen molar-refractivity contribution in [1.29, 1.82) is 0 Å². The number of hydrogen-bond acceptors (Lipinski definition) is 5. The molecule has 0 atom stereocenters. The fourth-order valence-electron chi connectivity index (χ4n) is 3.70. The number of rotatable bonds is 5. The summed E-state index contributed by atoms with van der Waals surface area (Å²) in [6.07, 6.45) is 0. The van der Waals surface area contributed by atoms with Crippen LogP contribution in [0.2, 0.25) is 0 Å². The topological polar surface area (TPSA) is 69.7 Å². The predicted molar refractivity (Wildman–Crippen MR) is 124 cm³/mol. The first-order valence-corrected chi connectivity index (χ1v) is 10.7. The van der Waals surface area contributed by atoms with Gasteiger partial charge in [0.15, 0.2) is 11.5 Å². The van der Waals surface area contributed by atoms with Gasteiger partial charge in [0.2, 0.25) is 0 Å². The molecule has 1 aliphatic rings. The van der Waals surface area contributed by atoms with Crippen molar-refractivity contribution in [2.75, 3.05) is 25.1 Å². The average Bonchev–Trinajstić information content (AvgIpc) is 2.84. The summed E-state index contributed by atoms with van der Waals surface area (Å²) in [5.74, 6) is 1.30. The van der Waals surface area contributed by atoms with Crippen LogP contribution >= 0.6 is 0 Å². The molecule has 0 aliphatic carbocycles. The maximum absolute atomic E-state index is 13.3. The van der Waals surface area contributed by atoms with Crippen LogP contribution in [0.25, 0.3) is 22.2 Å². The highest BCUT2D eigenvalue weighted by molar-refractivity contribution is 6.07. The quantitative estimate of drug-likeness (QED) is 0.443. The zero-order chi connectivity index (χ0) is 22.8. The van der Waals surface area contributed by atoms with E-state index in [0.717, 1.165) is 10.9 Å². The van der Waals surface area contributed by atoms with E-state index in [-0.39, 0.29) is 11.7 Å². The smallest absolute Gasteiger partial charge is 0.255 e. The molecule has 2 heterocycles. The van der Waals surface area contributed by atoms with Crippen LogP contribution in [-0.2, 0) is 0 Å². The molecule has 0 fully saturated rings. The van der Waals surface area contributed by atoms with Gasteiger partial charge in [-0.2, -0.15) is 0 Å². The summed E-state index contributed by atoms with van der Waals surface area (Å²) in [5, 5.41) is 3.62. The molecule has 4 aromatic rings. The van der Waals surface area contributed by atoms with Crippen molar-refractivity contribution in [3.05, 3.63) is 78.1 Å². The summed E-state index contributed by atoms with van der Waals surface area (Å²) in [6.45, 7) is 3.33. The lowest BCUT2D eigenvalue weighted by Crippen LogP contribution is -2.16. The van der Waals surface area contributed by atoms with Crippen molar-refractivity contribution in [1.82, 2.24) is 4.98 Å². The second-order valence-corrected chi connectivity index (χ2v) is 7.49. The van der Waals surface area contributed by atoms with E-state index in [0.29, 0.717) is 59.5 Å². The largest absolute Gasteiger partial charge is 0.493 e. The number of hydrogen-bond donors (Lipinski definition) is 1. The Bertz CT molecular complexity index is 1340. The third-order valence-corrected chi connectivity index (χ3v) is 5.27. The highest BCUT2D eigenvalue weighted by Gasteiger charge is 2.15. The van der Waals surface area contributed by atoms with Gasteiger partial charge in [0.25, 0.3) is 5.91 Å². The summed E-state index contributed by atoms with van der Waals surface area (Å²) in [6, 6.07) is 18.5. The molecule has 6 nitrogen and oxygen atoms in total. The molecule has 0 unspecified atom stereocenters. The highest BCUT2D eigenvalue weighted by atomic mass is 19.1. The molecule has 5 rings (SSSR count). The summed E-state index contributed by atoms with van der Waals surface area (Å²) in [7, 11) is 0. The van der Waals surface area contributed by atoms with E-state index >= 15 is 0 Å². The van der Waals surface area contributed by atoms with E-state index in [1.165, 1.54) is 12.1 Å². The van der Waals surface area contributed by atoms with E-state index in [1.807, 2.05) is 13.0 Å². The zero-order valence-corrected chi connectivity index (χ0v) is 17.9. The van der Waals surface area contributed by atoms with E-state index in [1.54, 1.807) is 48.5 Å². The summed E-state index contributed by atoms with van der Waals surface area (Å²) >= 11 is 0. The molecular weight excluding hydrogens is 423 g/mol. The van der Waals surface area contributed by atoms with Crippen LogP contribution < -0.4 is 19.5 Å². The number of anilines is 1. The number of nitrogens with zero attached hydrogens (tertiary/aromatic N) is 1. The van der Waals surface area contributed by atoms with Crippen molar-refractivity contribution >= 4 is 22.5 Å². The fraction of sp³-hybridized carbons (Fsp3) is 0.154. The van der Waals surface area contributed by atoms with Crippen molar-refractivity contribution in [2.45, 2.75) is 6.92 Å². The van der Waals surface area contributed by atoms with Crippen LogP contribution in [0, 0.1) is 5.82 Å². The average molecular weight is 444 g/mol. The fourth-order valence-corrected chi connectivity index (χ4v) is 3.70. The van der Waals surface area contributed by atoms with Gasteiger partial charge in [-0.05, 0) is 61.5 Å². The molecule has 7 heteroatoms. The number of carbonyl (C=O) groups is 1. The lowest BCUT2D eigenvalue weighted by atomic mass is 10.1. The Balaban J connectivity index is 1.46. The highest BCUT2D eigenvalue weighted by Crippen LogP contribution is 2.34. The number of aromatic nitrogens is 1. The maximum Gasteiger partial charge on any atom is 0.255 e. The van der Waals surface area contributed by atoms with Crippen molar-refractivity contribution in [3.63, 3.8) is 0 Å². The lowest BCUT2D eigenvalue weighted by molar-refractivity contribution is 0.102. The molecule has 1 aliphatic heterocycles.